The lowest BCUT2D eigenvalue weighted by atomic mass is 9.54. The molecule has 0 heterocycles. The zero-order valence-corrected chi connectivity index (χ0v) is 16.5. The van der Waals surface area contributed by atoms with Crippen LogP contribution in [0.1, 0.15) is 55.2 Å². The van der Waals surface area contributed by atoms with Gasteiger partial charge in [-0.05, 0) is 72.3 Å². The Balaban J connectivity index is 1.53. The molecule has 0 saturated heterocycles. The van der Waals surface area contributed by atoms with Crippen molar-refractivity contribution in [1.29, 1.82) is 5.26 Å². The van der Waals surface area contributed by atoms with Crippen molar-refractivity contribution in [1.82, 2.24) is 0 Å². The van der Waals surface area contributed by atoms with Crippen molar-refractivity contribution in [3.8, 4) is 11.8 Å². The lowest BCUT2D eigenvalue weighted by Crippen LogP contribution is -2.43. The van der Waals surface area contributed by atoms with E-state index < -0.39 is 0 Å². The minimum atomic E-state index is -0.340. The molecule has 0 N–H and O–H groups in total. The van der Waals surface area contributed by atoms with E-state index in [0.29, 0.717) is 24.9 Å². The van der Waals surface area contributed by atoms with E-state index >= 15 is 0 Å². The van der Waals surface area contributed by atoms with Crippen LogP contribution < -0.4 is 4.74 Å². The number of aryl methyl sites for hydroxylation is 1. The predicted molar refractivity (Wildman–Crippen MR) is 109 cm³/mol. The summed E-state index contributed by atoms with van der Waals surface area (Å²) in [5, 5.41) is 9.33. The van der Waals surface area contributed by atoms with Crippen LogP contribution in [0, 0.1) is 28.6 Å². The molecule has 2 aromatic rings. The van der Waals surface area contributed by atoms with Crippen LogP contribution in [-0.2, 0) is 13.0 Å². The van der Waals surface area contributed by atoms with Gasteiger partial charge >= 0.3 is 0 Å². The number of benzene rings is 2. The van der Waals surface area contributed by atoms with Gasteiger partial charge < -0.3 is 4.74 Å². The third-order valence-electron chi connectivity index (χ3n) is 7.08. The second-order valence-electron chi connectivity index (χ2n) is 8.74. The molecule has 0 aromatic heterocycles. The molecule has 2 aliphatic carbocycles. The smallest absolute Gasteiger partial charge is 0.120 e. The Morgan fingerprint density at radius 2 is 2.00 bits per heavy atom. The molecule has 0 amide bonds. The van der Waals surface area contributed by atoms with Crippen molar-refractivity contribution in [2.24, 2.45) is 17.3 Å². The van der Waals surface area contributed by atoms with Crippen LogP contribution >= 0.6 is 0 Å². The van der Waals surface area contributed by atoms with Gasteiger partial charge in [-0.3, -0.25) is 4.39 Å². The van der Waals surface area contributed by atoms with E-state index in [4.69, 9.17) is 4.74 Å². The van der Waals surface area contributed by atoms with Crippen molar-refractivity contribution in [3.05, 3.63) is 65.2 Å². The molecule has 4 atom stereocenters. The molecular weight excluding hydrogens is 349 g/mol. The predicted octanol–water partition coefficient (Wildman–Crippen LogP) is 6.21. The third kappa shape index (κ3) is 3.53. The third-order valence-corrected chi connectivity index (χ3v) is 7.08. The number of ether oxygens (including phenoxy) is 1. The fraction of sp³-hybridized carbons (Fsp3) is 0.480. The highest BCUT2D eigenvalue weighted by Gasteiger charge is 2.48. The summed E-state index contributed by atoms with van der Waals surface area (Å²) in [6.45, 7) is 2.30. The molecule has 1 saturated carbocycles. The summed E-state index contributed by atoms with van der Waals surface area (Å²) < 4.78 is 19.9. The largest absolute Gasteiger partial charge is 0.489 e. The molecule has 2 aromatic carbocycles. The Labute approximate surface area is 167 Å². The minimum Gasteiger partial charge on any atom is -0.489 e. The highest BCUT2D eigenvalue weighted by Crippen LogP contribution is 2.56. The van der Waals surface area contributed by atoms with Crippen molar-refractivity contribution < 1.29 is 9.13 Å². The van der Waals surface area contributed by atoms with Crippen molar-refractivity contribution >= 4 is 0 Å². The number of fused-ring (bicyclic) bond motifs is 3. The molecule has 2 aliphatic rings. The molecule has 0 aliphatic heterocycles. The molecule has 2 nitrogen and oxygen atoms in total. The lowest BCUT2D eigenvalue weighted by molar-refractivity contribution is 0.0147. The van der Waals surface area contributed by atoms with Crippen molar-refractivity contribution in [3.63, 3.8) is 0 Å². The van der Waals surface area contributed by atoms with Crippen LogP contribution in [-0.4, -0.2) is 6.67 Å². The molecule has 0 radical (unpaired) electrons. The van der Waals surface area contributed by atoms with Gasteiger partial charge in [0.1, 0.15) is 12.4 Å². The summed E-state index contributed by atoms with van der Waals surface area (Å²) in [6, 6.07) is 19.0. The zero-order valence-electron chi connectivity index (χ0n) is 16.5. The van der Waals surface area contributed by atoms with Gasteiger partial charge in [0, 0.05) is 11.8 Å². The first-order chi connectivity index (χ1) is 13.6. The number of hydrogen-bond donors (Lipinski definition) is 0. The molecule has 4 rings (SSSR count). The summed E-state index contributed by atoms with van der Waals surface area (Å²) >= 11 is 0. The molecule has 0 spiro atoms. The highest BCUT2D eigenvalue weighted by molar-refractivity contribution is 5.40. The molecule has 28 heavy (non-hydrogen) atoms. The average Bonchev–Trinajstić information content (AvgIpc) is 2.74. The number of alkyl halides is 1. The molecule has 0 unspecified atom stereocenters. The number of halogens is 1. The van der Waals surface area contributed by atoms with Crippen LogP contribution in [0.5, 0.6) is 5.75 Å². The van der Waals surface area contributed by atoms with Crippen molar-refractivity contribution in [2.45, 2.75) is 51.6 Å². The molecule has 1 fully saturated rings. The number of nitriles is 1. The van der Waals surface area contributed by atoms with E-state index in [9.17, 15) is 9.65 Å². The van der Waals surface area contributed by atoms with Crippen LogP contribution in [0.3, 0.4) is 0 Å². The summed E-state index contributed by atoms with van der Waals surface area (Å²) in [5.74, 6) is 1.94. The average molecular weight is 378 g/mol. The second-order valence-corrected chi connectivity index (χ2v) is 8.74. The molecule has 3 heteroatoms. The van der Waals surface area contributed by atoms with Gasteiger partial charge in [0.25, 0.3) is 0 Å². The van der Waals surface area contributed by atoms with E-state index in [1.54, 1.807) is 0 Å². The normalized spacial score (nSPS) is 28.7. The number of nitrogens with zero attached hydrogens (tertiary/aromatic N) is 1. The van der Waals surface area contributed by atoms with Gasteiger partial charge in [0.15, 0.2) is 0 Å². The maximum absolute atomic E-state index is 13.8. The maximum atomic E-state index is 13.8. The van der Waals surface area contributed by atoms with Gasteiger partial charge in [0.05, 0.1) is 12.7 Å². The SMILES string of the molecule is C[C@]1(CF)CC[C@@H]2c3ccc(OCc4ccccc4)cc3CC[C@H]2[C@@H]1CC#N. The monoisotopic (exact) mass is 377 g/mol. The van der Waals surface area contributed by atoms with Gasteiger partial charge in [-0.15, -0.1) is 0 Å². The molecule has 0 bridgehead atoms. The number of rotatable bonds is 5. The van der Waals surface area contributed by atoms with E-state index in [0.717, 1.165) is 37.0 Å². The summed E-state index contributed by atoms with van der Waals surface area (Å²) in [7, 11) is 0. The van der Waals surface area contributed by atoms with Crippen LogP contribution in [0.4, 0.5) is 4.39 Å². The summed E-state index contributed by atoms with van der Waals surface area (Å²) in [4.78, 5) is 0. The first-order valence-electron chi connectivity index (χ1n) is 10.4. The Bertz CT molecular complexity index is 859. The fourth-order valence-electron chi connectivity index (χ4n) is 5.45. The Morgan fingerprint density at radius 3 is 2.75 bits per heavy atom. The Morgan fingerprint density at radius 1 is 1.18 bits per heavy atom. The van der Waals surface area contributed by atoms with Gasteiger partial charge in [-0.25, -0.2) is 0 Å². The maximum Gasteiger partial charge on any atom is 0.120 e. The Kier molecular flexibility index (Phi) is 5.40. The van der Waals surface area contributed by atoms with Gasteiger partial charge in [-0.2, -0.15) is 5.26 Å². The highest BCUT2D eigenvalue weighted by atomic mass is 19.1. The first-order valence-corrected chi connectivity index (χ1v) is 10.4. The van der Waals surface area contributed by atoms with Gasteiger partial charge in [-0.1, -0.05) is 43.3 Å². The van der Waals surface area contributed by atoms with E-state index in [-0.39, 0.29) is 18.0 Å². The standard InChI is InChI=1S/C25H28FNO/c1-25(17-26)13-11-22-21-10-8-20(28-16-18-5-3-2-4-6-18)15-19(21)7-9-23(22)24(25)12-14-27/h2-6,8,10,15,22-24H,7,9,11-13,16-17H2,1H3/t22-,23-,24+,25-/m1/s1. The Hall–Kier alpha value is -2.34. The topological polar surface area (TPSA) is 33.0 Å². The quantitative estimate of drug-likeness (QED) is 0.620. The minimum absolute atomic E-state index is 0.156. The van der Waals surface area contributed by atoms with E-state index in [1.165, 1.54) is 11.1 Å². The van der Waals surface area contributed by atoms with Crippen LogP contribution in [0.25, 0.3) is 0 Å². The van der Waals surface area contributed by atoms with Crippen LogP contribution in [0.2, 0.25) is 0 Å². The summed E-state index contributed by atoms with van der Waals surface area (Å²) in [5.41, 5.74) is 3.59. The second kappa shape index (κ2) is 7.95. The van der Waals surface area contributed by atoms with Crippen LogP contribution in [0.15, 0.2) is 48.5 Å². The molecular formula is C25H28FNO. The van der Waals surface area contributed by atoms with Gasteiger partial charge in [0.2, 0.25) is 0 Å². The first kappa shape index (κ1) is 19.0. The fourth-order valence-corrected chi connectivity index (χ4v) is 5.45. The van der Waals surface area contributed by atoms with E-state index in [1.807, 2.05) is 25.1 Å². The lowest BCUT2D eigenvalue weighted by Gasteiger charge is -2.50. The van der Waals surface area contributed by atoms with Crippen molar-refractivity contribution in [2.75, 3.05) is 6.67 Å². The number of hydrogen-bond acceptors (Lipinski definition) is 2. The zero-order chi connectivity index (χ0) is 19.6. The molecule has 146 valence electrons. The summed E-state index contributed by atoms with van der Waals surface area (Å²) in [6.07, 6.45) is 4.38. The van der Waals surface area contributed by atoms with E-state index in [2.05, 4.69) is 36.4 Å².